The Balaban J connectivity index is 0.000000372. The highest BCUT2D eigenvalue weighted by molar-refractivity contribution is 6.30. The summed E-state index contributed by atoms with van der Waals surface area (Å²) in [4.78, 5) is 26.1. The second kappa shape index (κ2) is 15.4. The average Bonchev–Trinajstić information content (AvgIpc) is 3.78. The largest absolute Gasteiger partial charge is 0.379 e. The van der Waals surface area contributed by atoms with Crippen LogP contribution < -0.4 is 15.5 Å². The van der Waals surface area contributed by atoms with Gasteiger partial charge < -0.3 is 19.9 Å². The molecule has 4 heterocycles. The molecule has 3 aromatic heterocycles. The zero-order valence-electron chi connectivity index (χ0n) is 24.4. The Hall–Kier alpha value is -3.62. The fraction of sp³-hybridized carbons (Fsp3) is 0.406. The van der Waals surface area contributed by atoms with Gasteiger partial charge in [-0.15, -0.1) is 0 Å². The molecule has 2 N–H and O–H groups in total. The molecule has 4 aromatic rings. The minimum Gasteiger partial charge on any atom is -0.379 e. The van der Waals surface area contributed by atoms with Gasteiger partial charge in [0, 0.05) is 67.5 Å². The lowest BCUT2D eigenvalue weighted by Crippen LogP contribution is -2.46. The number of hydrogen-bond acceptors (Lipinski definition) is 6. The number of pyridine rings is 2. The van der Waals surface area contributed by atoms with Crippen LogP contribution in [0.2, 0.25) is 5.02 Å². The Morgan fingerprint density at radius 3 is 2.44 bits per heavy atom. The van der Waals surface area contributed by atoms with Gasteiger partial charge in [0.05, 0.1) is 17.9 Å². The van der Waals surface area contributed by atoms with Crippen molar-refractivity contribution in [3.05, 3.63) is 83.9 Å². The van der Waals surface area contributed by atoms with Crippen LogP contribution in [-0.4, -0.2) is 57.9 Å². The van der Waals surface area contributed by atoms with E-state index in [-0.39, 0.29) is 11.8 Å². The Labute approximate surface area is 248 Å². The summed E-state index contributed by atoms with van der Waals surface area (Å²) in [5.41, 5.74) is 4.09. The van der Waals surface area contributed by atoms with Crippen molar-refractivity contribution in [1.82, 2.24) is 19.3 Å². The van der Waals surface area contributed by atoms with Crippen molar-refractivity contribution >= 4 is 40.3 Å². The molecule has 1 aromatic carbocycles. The van der Waals surface area contributed by atoms with Crippen molar-refractivity contribution in [1.29, 1.82) is 0 Å². The zero-order chi connectivity index (χ0) is 29.0. The summed E-state index contributed by atoms with van der Waals surface area (Å²) in [5.74, 6) is 0.819. The van der Waals surface area contributed by atoms with Crippen molar-refractivity contribution in [2.45, 2.75) is 46.6 Å². The predicted molar refractivity (Wildman–Crippen MR) is 170 cm³/mol. The van der Waals surface area contributed by atoms with Crippen LogP contribution in [0.4, 0.5) is 17.2 Å². The summed E-state index contributed by atoms with van der Waals surface area (Å²) in [7, 11) is 0. The number of aromatic nitrogens is 3. The van der Waals surface area contributed by atoms with E-state index in [0.29, 0.717) is 12.4 Å². The second-order valence-corrected chi connectivity index (χ2v) is 10.5. The molecule has 1 saturated carbocycles. The van der Waals surface area contributed by atoms with Gasteiger partial charge in [0.1, 0.15) is 5.82 Å². The van der Waals surface area contributed by atoms with Crippen LogP contribution in [0.5, 0.6) is 0 Å². The van der Waals surface area contributed by atoms with Crippen LogP contribution >= 0.6 is 11.6 Å². The molecule has 0 radical (unpaired) electrons. The van der Waals surface area contributed by atoms with Crippen LogP contribution in [0.1, 0.15) is 45.7 Å². The number of amides is 1. The van der Waals surface area contributed by atoms with Gasteiger partial charge in [-0.1, -0.05) is 50.6 Å². The van der Waals surface area contributed by atoms with Crippen LogP contribution in [0.25, 0.3) is 5.65 Å². The molecule has 0 spiro atoms. The molecule has 0 unspecified atom stereocenters. The van der Waals surface area contributed by atoms with Gasteiger partial charge in [0.25, 0.3) is 0 Å². The molecule has 0 atom stereocenters. The molecule has 218 valence electrons. The molecule has 1 amide bonds. The summed E-state index contributed by atoms with van der Waals surface area (Å²) in [6.45, 7) is 12.3. The number of hydrogen-bond donors (Lipinski definition) is 2. The summed E-state index contributed by atoms with van der Waals surface area (Å²) >= 11 is 5.54. The maximum absolute atomic E-state index is 12.0. The zero-order valence-corrected chi connectivity index (χ0v) is 25.1. The SMILES string of the molecule is CC.CCCN1CCN(c2cccn3cc(CNc4ccnc(NC(=O)C5CC5)c4)nc23)CC1.Clc1ccccc1. The lowest BCUT2D eigenvalue weighted by Gasteiger charge is -2.35. The molecule has 1 aliphatic heterocycles. The topological polar surface area (TPSA) is 77.8 Å². The Morgan fingerprint density at radius 1 is 1.02 bits per heavy atom. The highest BCUT2D eigenvalue weighted by Crippen LogP contribution is 2.30. The fourth-order valence-corrected chi connectivity index (χ4v) is 4.84. The summed E-state index contributed by atoms with van der Waals surface area (Å²) in [6.07, 6.45) is 9.02. The van der Waals surface area contributed by atoms with Crippen LogP contribution in [0.15, 0.2) is 73.2 Å². The van der Waals surface area contributed by atoms with E-state index < -0.39 is 0 Å². The average molecular weight is 576 g/mol. The number of imidazole rings is 1. The number of anilines is 3. The van der Waals surface area contributed by atoms with Gasteiger partial charge >= 0.3 is 0 Å². The summed E-state index contributed by atoms with van der Waals surface area (Å²) in [5, 5.41) is 7.11. The summed E-state index contributed by atoms with van der Waals surface area (Å²) in [6, 6.07) is 17.5. The molecule has 0 bridgehead atoms. The van der Waals surface area contributed by atoms with Gasteiger partial charge in [0.2, 0.25) is 5.91 Å². The Bertz CT molecular complexity index is 1370. The van der Waals surface area contributed by atoms with Crippen LogP contribution in [0.3, 0.4) is 0 Å². The van der Waals surface area contributed by atoms with Crippen molar-refractivity contribution in [2.24, 2.45) is 5.92 Å². The predicted octanol–water partition coefficient (Wildman–Crippen LogP) is 6.59. The van der Waals surface area contributed by atoms with Crippen LogP contribution in [-0.2, 0) is 11.3 Å². The van der Waals surface area contributed by atoms with E-state index in [0.717, 1.165) is 61.1 Å². The van der Waals surface area contributed by atoms with Gasteiger partial charge in [0.15, 0.2) is 5.65 Å². The molecular weight excluding hydrogens is 534 g/mol. The summed E-state index contributed by atoms with van der Waals surface area (Å²) < 4.78 is 2.11. The number of halogens is 1. The van der Waals surface area contributed by atoms with Crippen LogP contribution in [0, 0.1) is 5.92 Å². The third-order valence-electron chi connectivity index (χ3n) is 6.93. The molecule has 2 fully saturated rings. The van der Waals surface area contributed by atoms with Gasteiger partial charge in [-0.25, -0.2) is 9.97 Å². The van der Waals surface area contributed by atoms with Crippen molar-refractivity contribution in [3.8, 4) is 0 Å². The molecule has 41 heavy (non-hydrogen) atoms. The first-order valence-electron chi connectivity index (χ1n) is 14.7. The molecule has 1 saturated heterocycles. The highest BCUT2D eigenvalue weighted by Gasteiger charge is 2.29. The molecule has 8 nitrogen and oxygen atoms in total. The minimum atomic E-state index is 0.0676. The molecular formula is C32H42ClN7O. The number of carbonyl (C=O) groups is 1. The molecule has 6 rings (SSSR count). The Kier molecular flexibility index (Phi) is 11.4. The van der Waals surface area contributed by atoms with E-state index in [1.54, 1.807) is 6.20 Å². The fourth-order valence-electron chi connectivity index (χ4n) is 4.70. The van der Waals surface area contributed by atoms with E-state index in [1.165, 1.54) is 18.7 Å². The molecule has 1 aliphatic carbocycles. The van der Waals surface area contributed by atoms with E-state index in [9.17, 15) is 4.79 Å². The quantitative estimate of drug-likeness (QED) is 0.247. The second-order valence-electron chi connectivity index (χ2n) is 10.0. The number of nitrogens with one attached hydrogen (secondary N) is 2. The molecule has 9 heteroatoms. The first kappa shape index (κ1) is 30.3. The highest BCUT2D eigenvalue weighted by atomic mass is 35.5. The number of rotatable bonds is 8. The first-order valence-corrected chi connectivity index (χ1v) is 15.1. The van der Waals surface area contributed by atoms with Gasteiger partial charge in [-0.05, 0) is 56.1 Å². The minimum absolute atomic E-state index is 0.0676. The lowest BCUT2D eigenvalue weighted by molar-refractivity contribution is -0.117. The lowest BCUT2D eigenvalue weighted by atomic mass is 10.2. The first-order chi connectivity index (χ1) is 20.1. The normalized spacial score (nSPS) is 14.9. The van der Waals surface area contributed by atoms with Gasteiger partial charge in [-0.2, -0.15) is 0 Å². The van der Waals surface area contributed by atoms with Crippen molar-refractivity contribution < 1.29 is 4.79 Å². The van der Waals surface area contributed by atoms with E-state index in [2.05, 4.69) is 61.3 Å². The third kappa shape index (κ3) is 8.93. The monoisotopic (exact) mass is 575 g/mol. The standard InChI is InChI=1S/C24H31N7O.C6H5Cl.C2H6/c1-2-9-29-11-13-30(14-12-29)21-4-3-10-31-17-20(27-23(21)31)16-26-19-7-8-25-22(15-19)28-24(32)18-5-6-18;7-6-4-2-1-3-5-6;1-2/h3-4,7-8,10,15,17-18H,2,5-6,9,11-14,16H2,1H3,(H2,25,26,28,32);1-5H;1-2H3. The van der Waals surface area contributed by atoms with Crippen molar-refractivity contribution in [2.75, 3.05) is 48.3 Å². The maximum atomic E-state index is 12.0. The maximum Gasteiger partial charge on any atom is 0.228 e. The van der Waals surface area contributed by atoms with E-state index in [1.807, 2.05) is 56.3 Å². The van der Waals surface area contributed by atoms with Gasteiger partial charge in [-0.3, -0.25) is 9.69 Å². The third-order valence-corrected chi connectivity index (χ3v) is 7.18. The smallest absolute Gasteiger partial charge is 0.228 e. The van der Waals surface area contributed by atoms with E-state index in [4.69, 9.17) is 16.6 Å². The number of nitrogens with zero attached hydrogens (tertiary/aromatic N) is 5. The van der Waals surface area contributed by atoms with Crippen molar-refractivity contribution in [3.63, 3.8) is 0 Å². The number of piperazine rings is 1. The molecule has 2 aliphatic rings. The number of fused-ring (bicyclic) bond motifs is 1. The number of benzene rings is 1. The number of carbonyl (C=O) groups excluding carboxylic acids is 1. The Morgan fingerprint density at radius 2 is 1.78 bits per heavy atom. The van der Waals surface area contributed by atoms with E-state index >= 15 is 0 Å².